The first kappa shape index (κ1) is 18.6. The Balaban J connectivity index is 1.66. The van der Waals surface area contributed by atoms with Gasteiger partial charge in [-0.15, -0.1) is 0 Å². The zero-order valence-corrected chi connectivity index (χ0v) is 15.7. The van der Waals surface area contributed by atoms with E-state index in [9.17, 15) is 4.79 Å². The number of aromatic nitrogens is 2. The molecule has 0 radical (unpaired) electrons. The lowest BCUT2D eigenvalue weighted by atomic mass is 10.1. The van der Waals surface area contributed by atoms with Crippen molar-refractivity contribution in [2.45, 2.75) is 25.8 Å². The second-order valence-electron chi connectivity index (χ2n) is 6.35. The number of hydrogen-bond donors (Lipinski definition) is 2. The highest BCUT2D eigenvalue weighted by Gasteiger charge is 2.24. The smallest absolute Gasteiger partial charge is 0.254 e. The summed E-state index contributed by atoms with van der Waals surface area (Å²) in [7, 11) is 0. The van der Waals surface area contributed by atoms with E-state index >= 15 is 0 Å². The molecule has 1 amide bonds. The van der Waals surface area contributed by atoms with Gasteiger partial charge in [-0.3, -0.25) is 9.69 Å². The number of likely N-dealkylation sites (tertiary alicyclic amines) is 1. The molecule has 7 heteroatoms. The van der Waals surface area contributed by atoms with Crippen LogP contribution < -0.4 is 10.6 Å². The zero-order chi connectivity index (χ0) is 18.4. The third kappa shape index (κ3) is 4.71. The normalized spacial score (nSPS) is 15.6. The fraction of sp³-hybridized carbons (Fsp3) is 0.421. The molecule has 1 aromatic heterocycles. The molecular formula is C19H24ClN5O. The summed E-state index contributed by atoms with van der Waals surface area (Å²) in [5.41, 5.74) is 1.62. The molecule has 1 aliphatic heterocycles. The van der Waals surface area contributed by atoms with Gasteiger partial charge >= 0.3 is 0 Å². The lowest BCUT2D eigenvalue weighted by Gasteiger charge is -2.28. The van der Waals surface area contributed by atoms with E-state index in [0.29, 0.717) is 18.1 Å². The van der Waals surface area contributed by atoms with Gasteiger partial charge in [0, 0.05) is 30.5 Å². The van der Waals surface area contributed by atoms with E-state index in [-0.39, 0.29) is 11.9 Å². The third-order valence-corrected chi connectivity index (χ3v) is 4.79. The van der Waals surface area contributed by atoms with Crippen molar-refractivity contribution < 1.29 is 4.79 Å². The van der Waals surface area contributed by atoms with E-state index in [2.05, 4.69) is 25.5 Å². The zero-order valence-electron chi connectivity index (χ0n) is 14.9. The van der Waals surface area contributed by atoms with Gasteiger partial charge in [0.15, 0.2) is 0 Å². The van der Waals surface area contributed by atoms with Crippen LogP contribution in [0.3, 0.4) is 0 Å². The molecule has 2 aromatic rings. The van der Waals surface area contributed by atoms with E-state index in [0.717, 1.165) is 30.2 Å². The Bertz CT molecular complexity index is 714. The summed E-state index contributed by atoms with van der Waals surface area (Å²) >= 11 is 6.02. The second-order valence-corrected chi connectivity index (χ2v) is 6.78. The summed E-state index contributed by atoms with van der Waals surface area (Å²) in [5, 5.41) is 6.76. The fourth-order valence-electron chi connectivity index (χ4n) is 3.18. The van der Waals surface area contributed by atoms with Crippen molar-refractivity contribution in [3.05, 3.63) is 52.8 Å². The Morgan fingerprint density at radius 1 is 1.19 bits per heavy atom. The highest BCUT2D eigenvalue weighted by atomic mass is 35.5. The molecule has 2 heterocycles. The van der Waals surface area contributed by atoms with E-state index < -0.39 is 0 Å². The van der Waals surface area contributed by atoms with Gasteiger partial charge in [-0.2, -0.15) is 0 Å². The van der Waals surface area contributed by atoms with Crippen LogP contribution >= 0.6 is 11.6 Å². The first-order chi connectivity index (χ1) is 12.7. The molecule has 1 aliphatic rings. The maximum absolute atomic E-state index is 12.5. The van der Waals surface area contributed by atoms with Crippen molar-refractivity contribution in [3.63, 3.8) is 0 Å². The second kappa shape index (κ2) is 8.96. The Labute approximate surface area is 159 Å². The molecule has 0 spiro atoms. The Morgan fingerprint density at radius 2 is 1.85 bits per heavy atom. The van der Waals surface area contributed by atoms with Gasteiger partial charge in [-0.25, -0.2) is 9.97 Å². The van der Waals surface area contributed by atoms with Crippen LogP contribution in [-0.4, -0.2) is 47.0 Å². The van der Waals surface area contributed by atoms with Crippen LogP contribution in [0.25, 0.3) is 0 Å². The van der Waals surface area contributed by atoms with Crippen molar-refractivity contribution in [2.75, 3.05) is 31.5 Å². The van der Waals surface area contributed by atoms with Gasteiger partial charge < -0.3 is 10.6 Å². The number of carbonyl (C=O) groups excluding carboxylic acids is 1. The molecule has 0 saturated carbocycles. The maximum atomic E-state index is 12.5. The number of halogens is 1. The first-order valence-corrected chi connectivity index (χ1v) is 9.39. The molecule has 6 nitrogen and oxygen atoms in total. The van der Waals surface area contributed by atoms with Crippen molar-refractivity contribution in [1.29, 1.82) is 0 Å². The number of nitrogens with one attached hydrogen (secondary N) is 2. The number of nitrogens with zero attached hydrogens (tertiary/aromatic N) is 3. The first-order valence-electron chi connectivity index (χ1n) is 9.01. The van der Waals surface area contributed by atoms with Gasteiger partial charge in [-0.1, -0.05) is 23.7 Å². The van der Waals surface area contributed by atoms with Crippen LogP contribution in [0, 0.1) is 0 Å². The monoisotopic (exact) mass is 373 g/mol. The van der Waals surface area contributed by atoms with Crippen LogP contribution in [0.15, 0.2) is 36.7 Å². The predicted molar refractivity (Wildman–Crippen MR) is 104 cm³/mol. The SMILES string of the molecule is CCNc1ncc(C(=O)NC[C@H](c2ccc(Cl)cc2)N2CCCC2)cn1. The Hall–Kier alpha value is -2.18. The van der Waals surface area contributed by atoms with E-state index in [1.807, 2.05) is 31.2 Å². The molecule has 1 fully saturated rings. The van der Waals surface area contributed by atoms with Crippen molar-refractivity contribution in [2.24, 2.45) is 0 Å². The molecule has 1 aromatic carbocycles. The summed E-state index contributed by atoms with van der Waals surface area (Å²) in [5.74, 6) is 0.367. The van der Waals surface area contributed by atoms with Crippen LogP contribution in [-0.2, 0) is 0 Å². The number of rotatable bonds is 7. The van der Waals surface area contributed by atoms with Gasteiger partial charge in [0.25, 0.3) is 5.91 Å². The summed E-state index contributed by atoms with van der Waals surface area (Å²) in [4.78, 5) is 23.2. The highest BCUT2D eigenvalue weighted by Crippen LogP contribution is 2.25. The molecular weight excluding hydrogens is 350 g/mol. The lowest BCUT2D eigenvalue weighted by molar-refractivity contribution is 0.0937. The minimum Gasteiger partial charge on any atom is -0.355 e. The summed E-state index contributed by atoms with van der Waals surface area (Å²) < 4.78 is 0. The minimum atomic E-state index is -0.161. The van der Waals surface area contributed by atoms with Crippen LogP contribution in [0.1, 0.15) is 41.7 Å². The van der Waals surface area contributed by atoms with Crippen molar-refractivity contribution in [1.82, 2.24) is 20.2 Å². The van der Waals surface area contributed by atoms with E-state index in [1.165, 1.54) is 12.8 Å². The van der Waals surface area contributed by atoms with E-state index in [1.54, 1.807) is 12.4 Å². The third-order valence-electron chi connectivity index (χ3n) is 4.54. The number of anilines is 1. The average Bonchev–Trinajstić information content (AvgIpc) is 3.18. The number of hydrogen-bond acceptors (Lipinski definition) is 5. The van der Waals surface area contributed by atoms with Crippen LogP contribution in [0.2, 0.25) is 5.02 Å². The van der Waals surface area contributed by atoms with Crippen LogP contribution in [0.4, 0.5) is 5.95 Å². The summed E-state index contributed by atoms with van der Waals surface area (Å²) in [6.07, 6.45) is 5.48. The molecule has 0 unspecified atom stereocenters. The van der Waals surface area contributed by atoms with Crippen LogP contribution in [0.5, 0.6) is 0 Å². The van der Waals surface area contributed by atoms with Crippen molar-refractivity contribution in [3.8, 4) is 0 Å². The maximum Gasteiger partial charge on any atom is 0.254 e. The average molecular weight is 374 g/mol. The molecule has 2 N–H and O–H groups in total. The summed E-state index contributed by atoms with van der Waals surface area (Å²) in [6, 6.07) is 8.00. The minimum absolute atomic E-state index is 0.140. The standard InChI is InChI=1S/C19H24ClN5O/c1-2-21-19-23-11-15(12-24-19)18(26)22-13-17(25-9-3-4-10-25)14-5-7-16(20)8-6-14/h5-8,11-12,17H,2-4,9-10,13H2,1H3,(H,22,26)(H,21,23,24)/t17-/m1/s1. The fourth-order valence-corrected chi connectivity index (χ4v) is 3.31. The molecule has 1 atom stereocenters. The quantitative estimate of drug-likeness (QED) is 0.780. The van der Waals surface area contributed by atoms with Gasteiger partial charge in [-0.05, 0) is 50.6 Å². The molecule has 138 valence electrons. The molecule has 1 saturated heterocycles. The highest BCUT2D eigenvalue weighted by molar-refractivity contribution is 6.30. The summed E-state index contributed by atoms with van der Waals surface area (Å²) in [6.45, 7) is 5.34. The van der Waals surface area contributed by atoms with Crippen molar-refractivity contribution >= 4 is 23.5 Å². The topological polar surface area (TPSA) is 70.2 Å². The number of amides is 1. The van der Waals surface area contributed by atoms with Gasteiger partial charge in [0.1, 0.15) is 0 Å². The Morgan fingerprint density at radius 3 is 2.46 bits per heavy atom. The van der Waals surface area contributed by atoms with Gasteiger partial charge in [0.05, 0.1) is 11.6 Å². The largest absolute Gasteiger partial charge is 0.355 e. The van der Waals surface area contributed by atoms with Gasteiger partial charge in [0.2, 0.25) is 5.95 Å². The Kier molecular flexibility index (Phi) is 6.41. The number of benzene rings is 1. The molecule has 26 heavy (non-hydrogen) atoms. The predicted octanol–water partition coefficient (Wildman–Crippen LogP) is 3.13. The molecule has 0 aliphatic carbocycles. The molecule has 0 bridgehead atoms. The lowest BCUT2D eigenvalue weighted by Crippen LogP contribution is -2.36. The van der Waals surface area contributed by atoms with E-state index in [4.69, 9.17) is 11.6 Å². The molecule has 3 rings (SSSR count). The number of carbonyl (C=O) groups is 1.